The van der Waals surface area contributed by atoms with Gasteiger partial charge in [-0.05, 0) is 25.7 Å². The summed E-state index contributed by atoms with van der Waals surface area (Å²) >= 11 is 0. The van der Waals surface area contributed by atoms with E-state index in [-0.39, 0.29) is 12.8 Å². The van der Waals surface area contributed by atoms with Gasteiger partial charge in [0.05, 0.1) is 24.4 Å². The molecule has 0 amide bonds. The highest BCUT2D eigenvalue weighted by Gasteiger charge is 2.23. The summed E-state index contributed by atoms with van der Waals surface area (Å²) < 4.78 is 20.1. The van der Waals surface area contributed by atoms with Crippen LogP contribution in [-0.2, 0) is 18.9 Å². The lowest BCUT2D eigenvalue weighted by molar-refractivity contribution is -0.117. The Morgan fingerprint density at radius 3 is 0.875 bits per heavy atom. The van der Waals surface area contributed by atoms with E-state index >= 15 is 0 Å². The molecule has 0 aliphatic rings. The Hall–Kier alpha value is -0.320. The topological polar surface area (TPSA) is 118 Å². The van der Waals surface area contributed by atoms with Gasteiger partial charge in [-0.2, -0.15) is 0 Å². The Balaban J connectivity index is 4.03. The Bertz CT molecular complexity index is 255. The molecule has 0 radical (unpaired) electrons. The minimum absolute atomic E-state index is 0.183. The van der Waals surface area contributed by atoms with E-state index in [4.69, 9.17) is 18.9 Å². The fraction of sp³-hybridized carbons (Fsp3) is 1.00. The van der Waals surface area contributed by atoms with Gasteiger partial charge in [-0.1, -0.05) is 0 Å². The average Bonchev–Trinajstić information content (AvgIpc) is 2.60. The molecule has 0 aromatic rings. The van der Waals surface area contributed by atoms with Crippen molar-refractivity contribution in [1.29, 1.82) is 0 Å². The van der Waals surface area contributed by atoms with Gasteiger partial charge in [-0.15, -0.1) is 0 Å². The van der Waals surface area contributed by atoms with E-state index in [0.717, 1.165) is 0 Å². The van der Waals surface area contributed by atoms with Crippen LogP contribution >= 0.6 is 0 Å². The molecule has 0 aliphatic carbocycles. The number of aliphatic hydroxyl groups excluding tert-OH is 4. The third-order valence-corrected chi connectivity index (χ3v) is 4.09. The average molecular weight is 354 g/mol. The molecule has 0 saturated heterocycles. The Morgan fingerprint density at radius 1 is 0.458 bits per heavy atom. The van der Waals surface area contributed by atoms with E-state index in [9.17, 15) is 20.4 Å². The summed E-state index contributed by atoms with van der Waals surface area (Å²) in [5.74, 6) is 0. The van der Waals surface area contributed by atoms with Gasteiger partial charge in [0.15, 0.2) is 12.6 Å². The standard InChI is InChI=1S/C16H34O8/c1-21-15(22-2)9-7-13(19)11(17)5-6-12(18)14(20)8-10-16(23-3)24-4/h11-20H,5-10H2,1-4H3/t11-,12-,13-,14-/m0/s1. The molecule has 0 aromatic heterocycles. The second kappa shape index (κ2) is 13.9. The van der Waals surface area contributed by atoms with Crippen LogP contribution in [0.3, 0.4) is 0 Å². The van der Waals surface area contributed by atoms with Gasteiger partial charge < -0.3 is 39.4 Å². The van der Waals surface area contributed by atoms with Gasteiger partial charge in [-0.25, -0.2) is 0 Å². The van der Waals surface area contributed by atoms with E-state index in [1.54, 1.807) is 0 Å². The number of hydrogen-bond donors (Lipinski definition) is 4. The summed E-state index contributed by atoms with van der Waals surface area (Å²) in [7, 11) is 6.03. The molecule has 0 aliphatic heterocycles. The molecular formula is C16H34O8. The predicted molar refractivity (Wildman–Crippen MR) is 87.3 cm³/mol. The monoisotopic (exact) mass is 354 g/mol. The lowest BCUT2D eigenvalue weighted by Crippen LogP contribution is -2.32. The van der Waals surface area contributed by atoms with Gasteiger partial charge in [0, 0.05) is 41.3 Å². The van der Waals surface area contributed by atoms with Crippen molar-refractivity contribution in [3.05, 3.63) is 0 Å². The molecule has 0 heterocycles. The minimum Gasteiger partial charge on any atom is -0.390 e. The maximum absolute atomic E-state index is 9.94. The SMILES string of the molecule is COC(CC[C@H](O)[C@@H](O)CC[C@H](O)[C@@H](O)CCC(OC)OC)OC. The quantitative estimate of drug-likeness (QED) is 0.304. The lowest BCUT2D eigenvalue weighted by atomic mass is 9.98. The Labute approximate surface area is 144 Å². The van der Waals surface area contributed by atoms with Crippen LogP contribution in [0.15, 0.2) is 0 Å². The third kappa shape index (κ3) is 9.85. The van der Waals surface area contributed by atoms with Gasteiger partial charge >= 0.3 is 0 Å². The zero-order valence-corrected chi connectivity index (χ0v) is 15.1. The molecule has 4 atom stereocenters. The van der Waals surface area contributed by atoms with Crippen LogP contribution in [0.5, 0.6) is 0 Å². The summed E-state index contributed by atoms with van der Waals surface area (Å²) in [5.41, 5.74) is 0. The molecule has 0 spiro atoms. The Morgan fingerprint density at radius 2 is 0.667 bits per heavy atom. The zero-order chi connectivity index (χ0) is 18.5. The fourth-order valence-electron chi connectivity index (χ4n) is 2.39. The number of hydrogen-bond acceptors (Lipinski definition) is 8. The number of rotatable bonds is 15. The summed E-state index contributed by atoms with van der Waals surface area (Å²) in [6, 6.07) is 0. The van der Waals surface area contributed by atoms with Gasteiger partial charge in [-0.3, -0.25) is 0 Å². The van der Waals surface area contributed by atoms with Crippen molar-refractivity contribution >= 4 is 0 Å². The first-order valence-corrected chi connectivity index (χ1v) is 8.22. The maximum Gasteiger partial charge on any atom is 0.156 e. The van der Waals surface area contributed by atoms with Crippen LogP contribution in [0.1, 0.15) is 38.5 Å². The maximum atomic E-state index is 9.94. The zero-order valence-electron chi connectivity index (χ0n) is 15.1. The van der Waals surface area contributed by atoms with Crippen molar-refractivity contribution in [2.45, 2.75) is 75.5 Å². The molecular weight excluding hydrogens is 320 g/mol. The molecule has 0 fully saturated rings. The molecule has 146 valence electrons. The normalized spacial score (nSPS) is 17.2. The first kappa shape index (κ1) is 23.7. The molecule has 0 bridgehead atoms. The van der Waals surface area contributed by atoms with Gasteiger partial charge in [0.1, 0.15) is 0 Å². The molecule has 4 N–H and O–H groups in total. The van der Waals surface area contributed by atoms with E-state index < -0.39 is 37.0 Å². The molecule has 0 unspecified atom stereocenters. The highest BCUT2D eigenvalue weighted by atomic mass is 16.7. The highest BCUT2D eigenvalue weighted by molar-refractivity contribution is 4.74. The van der Waals surface area contributed by atoms with Crippen LogP contribution in [0, 0.1) is 0 Å². The third-order valence-electron chi connectivity index (χ3n) is 4.09. The van der Waals surface area contributed by atoms with Crippen molar-refractivity contribution in [2.24, 2.45) is 0 Å². The summed E-state index contributed by atoms with van der Waals surface area (Å²) in [6.07, 6.45) is -2.78. The summed E-state index contributed by atoms with van der Waals surface area (Å²) in [4.78, 5) is 0. The number of methoxy groups -OCH3 is 4. The van der Waals surface area contributed by atoms with Gasteiger partial charge in [0.25, 0.3) is 0 Å². The molecule has 8 heteroatoms. The predicted octanol–water partition coefficient (Wildman–Crippen LogP) is 0.00840. The summed E-state index contributed by atoms with van der Waals surface area (Å²) in [5, 5.41) is 39.7. The van der Waals surface area contributed by atoms with Crippen molar-refractivity contribution in [1.82, 2.24) is 0 Å². The van der Waals surface area contributed by atoms with E-state index in [0.29, 0.717) is 25.7 Å². The molecule has 0 aromatic carbocycles. The molecule has 0 saturated carbocycles. The van der Waals surface area contributed by atoms with Crippen molar-refractivity contribution in [3.63, 3.8) is 0 Å². The van der Waals surface area contributed by atoms with Gasteiger partial charge in [0.2, 0.25) is 0 Å². The second-order valence-electron chi connectivity index (χ2n) is 5.80. The van der Waals surface area contributed by atoms with E-state index in [2.05, 4.69) is 0 Å². The summed E-state index contributed by atoms with van der Waals surface area (Å²) in [6.45, 7) is 0. The second-order valence-corrected chi connectivity index (χ2v) is 5.80. The van der Waals surface area contributed by atoms with Crippen molar-refractivity contribution < 1.29 is 39.4 Å². The smallest absolute Gasteiger partial charge is 0.156 e. The van der Waals surface area contributed by atoms with Crippen LogP contribution in [-0.4, -0.2) is 85.9 Å². The largest absolute Gasteiger partial charge is 0.390 e. The number of ether oxygens (including phenoxy) is 4. The highest BCUT2D eigenvalue weighted by Crippen LogP contribution is 2.16. The number of aliphatic hydroxyl groups is 4. The lowest BCUT2D eigenvalue weighted by Gasteiger charge is -2.23. The van der Waals surface area contributed by atoms with E-state index in [1.165, 1.54) is 28.4 Å². The molecule has 24 heavy (non-hydrogen) atoms. The molecule has 0 rings (SSSR count). The van der Waals surface area contributed by atoms with Crippen LogP contribution < -0.4 is 0 Å². The minimum atomic E-state index is -0.980. The Kier molecular flexibility index (Phi) is 13.7. The van der Waals surface area contributed by atoms with E-state index in [1.807, 2.05) is 0 Å². The van der Waals surface area contributed by atoms with Crippen molar-refractivity contribution in [2.75, 3.05) is 28.4 Å². The fourth-order valence-corrected chi connectivity index (χ4v) is 2.39. The van der Waals surface area contributed by atoms with Crippen LogP contribution in [0.2, 0.25) is 0 Å². The van der Waals surface area contributed by atoms with Crippen LogP contribution in [0.25, 0.3) is 0 Å². The first-order valence-electron chi connectivity index (χ1n) is 8.22. The first-order chi connectivity index (χ1) is 11.4. The van der Waals surface area contributed by atoms with Crippen LogP contribution in [0.4, 0.5) is 0 Å². The molecule has 8 nitrogen and oxygen atoms in total. The van der Waals surface area contributed by atoms with Crippen molar-refractivity contribution in [3.8, 4) is 0 Å².